The van der Waals surface area contributed by atoms with Gasteiger partial charge in [-0.2, -0.15) is 0 Å². The van der Waals surface area contributed by atoms with E-state index in [1.807, 2.05) is 6.07 Å². The van der Waals surface area contributed by atoms with Crippen molar-refractivity contribution in [2.45, 2.75) is 44.3 Å². The smallest absolute Gasteiger partial charge is 0.240 e. The van der Waals surface area contributed by atoms with Gasteiger partial charge >= 0.3 is 0 Å². The summed E-state index contributed by atoms with van der Waals surface area (Å²) in [6.07, 6.45) is 4.12. The fraction of sp³-hybridized carbons (Fsp3) is 0.682. The number of hydrogen-bond acceptors (Lipinski definition) is 5. The number of likely N-dealkylation sites (tertiary alicyclic amines) is 1. The Kier molecular flexibility index (Phi) is 6.50. The predicted octanol–water partition coefficient (Wildman–Crippen LogP) is 1.98. The van der Waals surface area contributed by atoms with Gasteiger partial charge in [0.25, 0.3) is 0 Å². The van der Waals surface area contributed by atoms with Crippen LogP contribution in [-0.2, 0) is 16.1 Å². The number of piperazine rings is 1. The molecule has 0 saturated carbocycles. The normalized spacial score (nSPS) is 25.8. The van der Waals surface area contributed by atoms with Crippen molar-refractivity contribution in [3.63, 3.8) is 0 Å². The summed E-state index contributed by atoms with van der Waals surface area (Å²) in [5.41, 5.74) is 1.28. The molecule has 1 aromatic carbocycles. The average Bonchev–Trinajstić information content (AvgIpc) is 2.75. The zero-order valence-corrected chi connectivity index (χ0v) is 17.0. The molecule has 3 aliphatic rings. The Hall–Kier alpha value is -1.63. The molecule has 0 aromatic heterocycles. The van der Waals surface area contributed by atoms with Crippen LogP contribution in [0.5, 0.6) is 5.75 Å². The highest BCUT2D eigenvalue weighted by molar-refractivity contribution is 5.83. The molecule has 1 amide bonds. The van der Waals surface area contributed by atoms with Crippen LogP contribution in [-0.4, -0.2) is 85.7 Å². The average molecular weight is 388 g/mol. The minimum Gasteiger partial charge on any atom is -0.497 e. The van der Waals surface area contributed by atoms with Gasteiger partial charge in [0, 0.05) is 58.5 Å². The molecule has 3 fully saturated rings. The first kappa shape index (κ1) is 19.7. The molecule has 3 aliphatic heterocycles. The SMILES string of the molecule is COc1cccc(CN2CCN([C@H]3CCCN(C4CCOCC4)C3=O)CC2)c1. The topological polar surface area (TPSA) is 45.2 Å². The summed E-state index contributed by atoms with van der Waals surface area (Å²) in [7, 11) is 1.71. The van der Waals surface area contributed by atoms with Crippen LogP contribution in [0.2, 0.25) is 0 Å². The van der Waals surface area contributed by atoms with Gasteiger partial charge in [-0.15, -0.1) is 0 Å². The van der Waals surface area contributed by atoms with E-state index in [-0.39, 0.29) is 6.04 Å². The first-order chi connectivity index (χ1) is 13.7. The van der Waals surface area contributed by atoms with E-state index < -0.39 is 0 Å². The molecule has 0 spiro atoms. The number of hydrogen-bond donors (Lipinski definition) is 0. The Labute approximate surface area is 168 Å². The molecule has 3 saturated heterocycles. The molecular formula is C22H33N3O3. The van der Waals surface area contributed by atoms with E-state index in [0.717, 1.165) is 83.9 Å². The first-order valence-corrected chi connectivity index (χ1v) is 10.7. The predicted molar refractivity (Wildman–Crippen MR) is 108 cm³/mol. The monoisotopic (exact) mass is 387 g/mol. The Bertz CT molecular complexity index is 654. The highest BCUT2D eigenvalue weighted by Gasteiger charge is 2.37. The largest absolute Gasteiger partial charge is 0.497 e. The van der Waals surface area contributed by atoms with Crippen molar-refractivity contribution < 1.29 is 14.3 Å². The van der Waals surface area contributed by atoms with Gasteiger partial charge in [-0.25, -0.2) is 0 Å². The van der Waals surface area contributed by atoms with Gasteiger partial charge in [0.2, 0.25) is 5.91 Å². The van der Waals surface area contributed by atoms with Crippen LogP contribution in [0, 0.1) is 0 Å². The van der Waals surface area contributed by atoms with Crippen molar-refractivity contribution in [3.8, 4) is 5.75 Å². The summed E-state index contributed by atoms with van der Waals surface area (Å²) in [4.78, 5) is 20.3. The van der Waals surface area contributed by atoms with Gasteiger partial charge in [0.15, 0.2) is 0 Å². The maximum atomic E-state index is 13.2. The Morgan fingerprint density at radius 2 is 1.86 bits per heavy atom. The summed E-state index contributed by atoms with van der Waals surface area (Å²) >= 11 is 0. The number of benzene rings is 1. The Balaban J connectivity index is 1.30. The molecule has 1 aromatic rings. The van der Waals surface area contributed by atoms with Crippen LogP contribution in [0.15, 0.2) is 24.3 Å². The van der Waals surface area contributed by atoms with Crippen molar-refractivity contribution in [1.29, 1.82) is 0 Å². The highest BCUT2D eigenvalue weighted by Crippen LogP contribution is 2.25. The Morgan fingerprint density at radius 3 is 2.61 bits per heavy atom. The quantitative estimate of drug-likeness (QED) is 0.773. The number of amides is 1. The van der Waals surface area contributed by atoms with Gasteiger partial charge in [-0.3, -0.25) is 14.6 Å². The molecule has 6 nitrogen and oxygen atoms in total. The summed E-state index contributed by atoms with van der Waals surface area (Å²) in [5, 5.41) is 0. The van der Waals surface area contributed by atoms with Crippen LogP contribution in [0.4, 0.5) is 0 Å². The van der Waals surface area contributed by atoms with Crippen molar-refractivity contribution in [1.82, 2.24) is 14.7 Å². The Morgan fingerprint density at radius 1 is 1.07 bits per heavy atom. The number of piperidine rings is 1. The van der Waals surface area contributed by atoms with E-state index >= 15 is 0 Å². The summed E-state index contributed by atoms with van der Waals surface area (Å²) in [5.74, 6) is 1.27. The lowest BCUT2D eigenvalue weighted by Gasteiger charge is -2.45. The highest BCUT2D eigenvalue weighted by atomic mass is 16.5. The van der Waals surface area contributed by atoms with Gasteiger partial charge < -0.3 is 14.4 Å². The second-order valence-corrected chi connectivity index (χ2v) is 8.20. The third-order valence-electron chi connectivity index (χ3n) is 6.46. The number of ether oxygens (including phenoxy) is 2. The van der Waals surface area contributed by atoms with Crippen LogP contribution < -0.4 is 4.74 Å². The molecule has 0 unspecified atom stereocenters. The van der Waals surface area contributed by atoms with E-state index in [1.54, 1.807) is 7.11 Å². The van der Waals surface area contributed by atoms with Crippen LogP contribution in [0.1, 0.15) is 31.2 Å². The standard InChI is InChI=1S/C22H33N3O3/c1-27-20-5-2-4-18(16-20)17-23-10-12-24(13-11-23)21-6-3-9-25(22(21)26)19-7-14-28-15-8-19/h2,4-5,16,19,21H,3,6-15,17H2,1H3/t21-/m0/s1. The number of nitrogens with zero attached hydrogens (tertiary/aromatic N) is 3. The second-order valence-electron chi connectivity index (χ2n) is 8.20. The van der Waals surface area contributed by atoms with E-state index in [9.17, 15) is 4.79 Å². The summed E-state index contributed by atoms with van der Waals surface area (Å²) < 4.78 is 10.8. The zero-order valence-electron chi connectivity index (χ0n) is 17.0. The molecule has 6 heteroatoms. The lowest BCUT2D eigenvalue weighted by Crippen LogP contribution is -2.59. The zero-order chi connectivity index (χ0) is 19.3. The van der Waals surface area contributed by atoms with Gasteiger partial charge in [0.05, 0.1) is 13.2 Å². The molecular weight excluding hydrogens is 354 g/mol. The second kappa shape index (κ2) is 9.25. The molecule has 0 radical (unpaired) electrons. The summed E-state index contributed by atoms with van der Waals surface area (Å²) in [6.45, 7) is 7.43. The van der Waals surface area contributed by atoms with Gasteiger partial charge in [-0.05, 0) is 43.4 Å². The number of carbonyl (C=O) groups is 1. The lowest BCUT2D eigenvalue weighted by atomic mass is 9.97. The maximum absolute atomic E-state index is 13.2. The van der Waals surface area contributed by atoms with Crippen molar-refractivity contribution >= 4 is 5.91 Å². The summed E-state index contributed by atoms with van der Waals surface area (Å²) in [6, 6.07) is 8.78. The molecule has 28 heavy (non-hydrogen) atoms. The molecule has 0 aliphatic carbocycles. The molecule has 1 atom stereocenters. The minimum absolute atomic E-state index is 0.0792. The van der Waals surface area contributed by atoms with E-state index in [2.05, 4.69) is 32.9 Å². The van der Waals surface area contributed by atoms with Gasteiger partial charge in [0.1, 0.15) is 5.75 Å². The first-order valence-electron chi connectivity index (χ1n) is 10.7. The molecule has 3 heterocycles. The van der Waals surface area contributed by atoms with E-state index in [4.69, 9.17) is 9.47 Å². The molecule has 0 N–H and O–H groups in total. The van der Waals surface area contributed by atoms with E-state index in [1.165, 1.54) is 5.56 Å². The molecule has 0 bridgehead atoms. The maximum Gasteiger partial charge on any atom is 0.240 e. The number of carbonyl (C=O) groups excluding carboxylic acids is 1. The van der Waals surface area contributed by atoms with E-state index in [0.29, 0.717) is 11.9 Å². The molecule has 4 rings (SSSR count). The third-order valence-corrected chi connectivity index (χ3v) is 6.46. The third kappa shape index (κ3) is 4.50. The van der Waals surface area contributed by atoms with Crippen molar-refractivity contribution in [2.75, 3.05) is 53.0 Å². The fourth-order valence-electron chi connectivity index (χ4n) is 4.84. The fourth-order valence-corrected chi connectivity index (χ4v) is 4.84. The van der Waals surface area contributed by atoms with Crippen LogP contribution >= 0.6 is 0 Å². The van der Waals surface area contributed by atoms with Gasteiger partial charge in [-0.1, -0.05) is 12.1 Å². The van der Waals surface area contributed by atoms with Crippen molar-refractivity contribution in [3.05, 3.63) is 29.8 Å². The van der Waals surface area contributed by atoms with Crippen LogP contribution in [0.25, 0.3) is 0 Å². The van der Waals surface area contributed by atoms with Crippen molar-refractivity contribution in [2.24, 2.45) is 0 Å². The molecule has 154 valence electrons. The number of methoxy groups -OCH3 is 1. The lowest BCUT2D eigenvalue weighted by molar-refractivity contribution is -0.145. The minimum atomic E-state index is 0.0792. The number of rotatable bonds is 5. The van der Waals surface area contributed by atoms with Crippen LogP contribution in [0.3, 0.4) is 0 Å².